The molecule has 1 saturated heterocycles. The van der Waals surface area contributed by atoms with Gasteiger partial charge in [-0.3, -0.25) is 4.79 Å². The Bertz CT molecular complexity index is 287. The number of piperidine rings is 1. The Morgan fingerprint density at radius 2 is 1.53 bits per heavy atom. The zero-order chi connectivity index (χ0) is 13.8. The number of rotatable bonds is 3. The van der Waals surface area contributed by atoms with Crippen LogP contribution in [0.1, 0.15) is 65.2 Å². The van der Waals surface area contributed by atoms with E-state index in [1.54, 1.807) is 0 Å². The lowest BCUT2D eigenvalue weighted by Crippen LogP contribution is -2.48. The maximum Gasteiger partial charge on any atom is 0.223 e. The van der Waals surface area contributed by atoms with Crippen molar-refractivity contribution in [2.24, 2.45) is 17.6 Å². The van der Waals surface area contributed by atoms with Gasteiger partial charge in [-0.15, -0.1) is 0 Å². The average molecular weight is 266 g/mol. The molecule has 2 aliphatic rings. The van der Waals surface area contributed by atoms with Gasteiger partial charge < -0.3 is 10.6 Å². The highest BCUT2D eigenvalue weighted by molar-refractivity contribution is 5.77. The molecule has 1 aliphatic heterocycles. The number of nitrogens with zero attached hydrogens (tertiary/aromatic N) is 1. The summed E-state index contributed by atoms with van der Waals surface area (Å²) in [5.41, 5.74) is 5.73. The highest BCUT2D eigenvalue weighted by Crippen LogP contribution is 2.32. The van der Waals surface area contributed by atoms with Crippen molar-refractivity contribution >= 4 is 5.91 Å². The summed E-state index contributed by atoms with van der Waals surface area (Å²) in [6.45, 7) is 5.23. The molecule has 3 heteroatoms. The quantitative estimate of drug-likeness (QED) is 0.853. The minimum atomic E-state index is 0.399. The molecule has 2 rings (SSSR count). The van der Waals surface area contributed by atoms with Crippen LogP contribution in [0.15, 0.2) is 0 Å². The molecular weight excluding hydrogens is 236 g/mol. The Morgan fingerprint density at radius 3 is 2.05 bits per heavy atom. The summed E-state index contributed by atoms with van der Waals surface area (Å²) in [5.74, 6) is 1.71. The third-order valence-corrected chi connectivity index (χ3v) is 5.24. The fourth-order valence-corrected chi connectivity index (χ4v) is 3.94. The first-order valence-corrected chi connectivity index (χ1v) is 8.13. The molecule has 1 amide bonds. The predicted molar refractivity (Wildman–Crippen MR) is 78.7 cm³/mol. The second-order valence-electron chi connectivity index (χ2n) is 6.76. The Hall–Kier alpha value is -0.570. The van der Waals surface area contributed by atoms with Crippen LogP contribution in [0.3, 0.4) is 0 Å². The number of carbonyl (C=O) groups is 1. The van der Waals surface area contributed by atoms with Crippen LogP contribution >= 0.6 is 0 Å². The van der Waals surface area contributed by atoms with Crippen LogP contribution in [0.25, 0.3) is 0 Å². The summed E-state index contributed by atoms with van der Waals surface area (Å²) in [7, 11) is 0. The molecule has 2 unspecified atom stereocenters. The molecule has 0 radical (unpaired) electrons. The smallest absolute Gasteiger partial charge is 0.223 e. The van der Waals surface area contributed by atoms with Gasteiger partial charge in [-0.2, -0.15) is 0 Å². The van der Waals surface area contributed by atoms with Gasteiger partial charge in [0, 0.05) is 18.5 Å². The van der Waals surface area contributed by atoms with E-state index in [-0.39, 0.29) is 0 Å². The van der Waals surface area contributed by atoms with E-state index >= 15 is 0 Å². The van der Waals surface area contributed by atoms with Crippen LogP contribution in [0, 0.1) is 11.8 Å². The normalized spacial score (nSPS) is 36.3. The van der Waals surface area contributed by atoms with E-state index in [0.717, 1.165) is 13.0 Å². The minimum Gasteiger partial charge on any atom is -0.337 e. The number of nitrogens with two attached hydrogens (primary N) is 1. The summed E-state index contributed by atoms with van der Waals surface area (Å²) in [6.07, 6.45) is 9.24. The van der Waals surface area contributed by atoms with Crippen LogP contribution in [0.2, 0.25) is 0 Å². The second-order valence-corrected chi connectivity index (χ2v) is 6.76. The molecule has 19 heavy (non-hydrogen) atoms. The van der Waals surface area contributed by atoms with Gasteiger partial charge in [0.25, 0.3) is 0 Å². The average Bonchev–Trinajstić information content (AvgIpc) is 2.39. The SMILES string of the molecule is CC1CCCC(C)N1C(=O)CC1CCC(CN)CC1. The van der Waals surface area contributed by atoms with Crippen LogP contribution in [0.5, 0.6) is 0 Å². The monoisotopic (exact) mass is 266 g/mol. The van der Waals surface area contributed by atoms with Crippen molar-refractivity contribution in [1.29, 1.82) is 0 Å². The topological polar surface area (TPSA) is 46.3 Å². The van der Waals surface area contributed by atoms with Crippen molar-refractivity contribution in [3.63, 3.8) is 0 Å². The van der Waals surface area contributed by atoms with E-state index in [4.69, 9.17) is 5.73 Å². The molecule has 110 valence electrons. The predicted octanol–water partition coefficient (Wildman–Crippen LogP) is 2.93. The molecule has 1 aliphatic carbocycles. The fraction of sp³-hybridized carbons (Fsp3) is 0.938. The van der Waals surface area contributed by atoms with E-state index < -0.39 is 0 Å². The molecular formula is C16H30N2O. The van der Waals surface area contributed by atoms with Gasteiger partial charge in [-0.25, -0.2) is 0 Å². The van der Waals surface area contributed by atoms with Crippen LogP contribution in [0.4, 0.5) is 0 Å². The molecule has 0 aromatic carbocycles. The third-order valence-electron chi connectivity index (χ3n) is 5.24. The Balaban J connectivity index is 1.83. The van der Waals surface area contributed by atoms with E-state index in [9.17, 15) is 4.79 Å². The zero-order valence-corrected chi connectivity index (χ0v) is 12.6. The third kappa shape index (κ3) is 3.71. The highest BCUT2D eigenvalue weighted by Gasteiger charge is 2.31. The first kappa shape index (κ1) is 14.8. The summed E-state index contributed by atoms with van der Waals surface area (Å²) >= 11 is 0. The first-order valence-electron chi connectivity index (χ1n) is 8.13. The van der Waals surface area contributed by atoms with Gasteiger partial charge in [0.15, 0.2) is 0 Å². The van der Waals surface area contributed by atoms with Crippen molar-refractivity contribution in [2.45, 2.75) is 77.3 Å². The van der Waals surface area contributed by atoms with Crippen LogP contribution < -0.4 is 5.73 Å². The van der Waals surface area contributed by atoms with Gasteiger partial charge in [0.2, 0.25) is 5.91 Å². The molecule has 0 spiro atoms. The van der Waals surface area contributed by atoms with E-state index in [1.165, 1.54) is 44.9 Å². The maximum atomic E-state index is 12.5. The number of amides is 1. The van der Waals surface area contributed by atoms with Crippen molar-refractivity contribution in [3.05, 3.63) is 0 Å². The molecule has 1 saturated carbocycles. The zero-order valence-electron chi connectivity index (χ0n) is 12.6. The summed E-state index contributed by atoms with van der Waals surface area (Å²) in [4.78, 5) is 14.7. The lowest BCUT2D eigenvalue weighted by Gasteiger charge is -2.40. The highest BCUT2D eigenvalue weighted by atomic mass is 16.2. The van der Waals surface area contributed by atoms with Crippen LogP contribution in [-0.4, -0.2) is 29.4 Å². The van der Waals surface area contributed by atoms with E-state index in [2.05, 4.69) is 18.7 Å². The molecule has 0 aromatic heterocycles. The van der Waals surface area contributed by atoms with Gasteiger partial charge in [-0.1, -0.05) is 0 Å². The van der Waals surface area contributed by atoms with Crippen molar-refractivity contribution in [3.8, 4) is 0 Å². The Labute approximate surface area is 117 Å². The molecule has 2 atom stereocenters. The van der Waals surface area contributed by atoms with Crippen molar-refractivity contribution in [1.82, 2.24) is 4.90 Å². The number of hydrogen-bond acceptors (Lipinski definition) is 2. The molecule has 0 bridgehead atoms. The summed E-state index contributed by atoms with van der Waals surface area (Å²) in [5, 5.41) is 0. The number of likely N-dealkylation sites (tertiary alicyclic amines) is 1. The molecule has 1 heterocycles. The van der Waals surface area contributed by atoms with E-state index in [1.807, 2.05) is 0 Å². The van der Waals surface area contributed by atoms with Crippen LogP contribution in [-0.2, 0) is 4.79 Å². The number of hydrogen-bond donors (Lipinski definition) is 1. The van der Waals surface area contributed by atoms with Crippen molar-refractivity contribution < 1.29 is 4.79 Å². The van der Waals surface area contributed by atoms with Gasteiger partial charge in [0.1, 0.15) is 0 Å². The largest absolute Gasteiger partial charge is 0.337 e. The van der Waals surface area contributed by atoms with Crippen molar-refractivity contribution in [2.75, 3.05) is 6.54 Å². The van der Waals surface area contributed by atoms with Gasteiger partial charge in [0.05, 0.1) is 0 Å². The summed E-state index contributed by atoms with van der Waals surface area (Å²) < 4.78 is 0. The lowest BCUT2D eigenvalue weighted by molar-refractivity contribution is -0.138. The maximum absolute atomic E-state index is 12.5. The Kier molecular flexibility index (Phi) is 5.26. The molecule has 2 fully saturated rings. The van der Waals surface area contributed by atoms with Gasteiger partial charge in [-0.05, 0) is 77.2 Å². The summed E-state index contributed by atoms with van der Waals surface area (Å²) in [6, 6.07) is 0.883. The lowest BCUT2D eigenvalue weighted by atomic mass is 9.80. The Morgan fingerprint density at radius 1 is 1.00 bits per heavy atom. The minimum absolute atomic E-state index is 0.399. The van der Waals surface area contributed by atoms with Gasteiger partial charge >= 0.3 is 0 Å². The fourth-order valence-electron chi connectivity index (χ4n) is 3.94. The first-order chi connectivity index (χ1) is 9.11. The molecule has 0 aromatic rings. The number of carbonyl (C=O) groups excluding carboxylic acids is 1. The second kappa shape index (κ2) is 6.74. The molecule has 2 N–H and O–H groups in total. The standard InChI is InChI=1S/C16H30N2O/c1-12-4-3-5-13(2)18(12)16(19)10-14-6-8-15(11-17)9-7-14/h12-15H,3-11,17H2,1-2H3. The van der Waals surface area contributed by atoms with E-state index in [0.29, 0.717) is 29.8 Å². The molecule has 3 nitrogen and oxygen atoms in total.